The summed E-state index contributed by atoms with van der Waals surface area (Å²) in [7, 11) is 0. The predicted octanol–water partition coefficient (Wildman–Crippen LogP) is 2.29. The Labute approximate surface area is 125 Å². The second-order valence-corrected chi connectivity index (χ2v) is 5.34. The van der Waals surface area contributed by atoms with Crippen LogP contribution in [0.25, 0.3) is 0 Å². The maximum absolute atomic E-state index is 11.1. The maximum atomic E-state index is 11.1. The second kappa shape index (κ2) is 6.67. The van der Waals surface area contributed by atoms with Crippen LogP contribution in [-0.4, -0.2) is 33.4 Å². The number of nitrogens with zero attached hydrogens (tertiary/aromatic N) is 2. The largest absolute Gasteiger partial charge is 0.491 e. The van der Waals surface area contributed by atoms with Crippen molar-refractivity contribution in [2.24, 2.45) is 0 Å². The van der Waals surface area contributed by atoms with E-state index in [1.165, 1.54) is 6.92 Å². The van der Waals surface area contributed by atoms with Crippen LogP contribution in [-0.2, 0) is 6.54 Å². The highest BCUT2D eigenvalue weighted by Crippen LogP contribution is 2.13. The number of carbonyl (C=O) groups is 1. The van der Waals surface area contributed by atoms with Gasteiger partial charge >= 0.3 is 0 Å². The average Bonchev–Trinajstić information content (AvgIpc) is 2.82. The van der Waals surface area contributed by atoms with Crippen molar-refractivity contribution in [2.45, 2.75) is 19.6 Å². The van der Waals surface area contributed by atoms with Crippen molar-refractivity contribution in [3.63, 3.8) is 0 Å². The zero-order valence-electron chi connectivity index (χ0n) is 11.0. The number of hydrogen-bond donors (Lipinski definition) is 1. The van der Waals surface area contributed by atoms with E-state index in [0.717, 1.165) is 4.47 Å². The molecule has 20 heavy (non-hydrogen) atoms. The number of benzene rings is 1. The SMILES string of the molecule is CC(=O)c1ccc(OCC(O)Cn2cc(Br)cn2)cc1. The van der Waals surface area contributed by atoms with Gasteiger partial charge in [0.1, 0.15) is 18.5 Å². The fourth-order valence-electron chi connectivity index (χ4n) is 1.69. The predicted molar refractivity (Wildman–Crippen MR) is 77.9 cm³/mol. The molecule has 1 atom stereocenters. The van der Waals surface area contributed by atoms with Gasteiger partial charge in [-0.05, 0) is 47.1 Å². The molecule has 2 rings (SSSR count). The van der Waals surface area contributed by atoms with Crippen LogP contribution in [0, 0.1) is 0 Å². The van der Waals surface area contributed by atoms with E-state index < -0.39 is 6.10 Å². The summed E-state index contributed by atoms with van der Waals surface area (Å²) in [5, 5.41) is 13.9. The summed E-state index contributed by atoms with van der Waals surface area (Å²) in [6.07, 6.45) is 2.79. The number of halogens is 1. The van der Waals surface area contributed by atoms with E-state index >= 15 is 0 Å². The van der Waals surface area contributed by atoms with E-state index in [9.17, 15) is 9.90 Å². The Bertz CT molecular complexity index is 580. The molecule has 0 aliphatic rings. The summed E-state index contributed by atoms with van der Waals surface area (Å²) in [6.45, 7) is 2.04. The quantitative estimate of drug-likeness (QED) is 0.820. The summed E-state index contributed by atoms with van der Waals surface area (Å²) < 4.78 is 7.97. The van der Waals surface area contributed by atoms with Gasteiger partial charge in [-0.15, -0.1) is 0 Å². The molecule has 106 valence electrons. The molecule has 0 saturated carbocycles. The molecule has 0 saturated heterocycles. The molecular weight excluding hydrogens is 324 g/mol. The van der Waals surface area contributed by atoms with E-state index in [1.807, 2.05) is 0 Å². The van der Waals surface area contributed by atoms with Crippen LogP contribution in [0.3, 0.4) is 0 Å². The first-order chi connectivity index (χ1) is 9.54. The minimum atomic E-state index is -0.658. The number of aliphatic hydroxyl groups is 1. The molecule has 0 spiro atoms. The van der Waals surface area contributed by atoms with Crippen molar-refractivity contribution >= 4 is 21.7 Å². The summed E-state index contributed by atoms with van der Waals surface area (Å²) >= 11 is 3.29. The van der Waals surface area contributed by atoms with E-state index in [0.29, 0.717) is 17.9 Å². The van der Waals surface area contributed by atoms with Gasteiger partial charge in [0, 0.05) is 11.8 Å². The summed E-state index contributed by atoms with van der Waals surface area (Å²) in [6, 6.07) is 6.84. The highest BCUT2D eigenvalue weighted by atomic mass is 79.9. The van der Waals surface area contributed by atoms with E-state index in [-0.39, 0.29) is 12.4 Å². The first-order valence-electron chi connectivity index (χ1n) is 6.14. The Morgan fingerprint density at radius 2 is 2.15 bits per heavy atom. The molecule has 2 aromatic rings. The summed E-state index contributed by atoms with van der Waals surface area (Å²) in [4.78, 5) is 11.1. The van der Waals surface area contributed by atoms with Gasteiger partial charge in [-0.25, -0.2) is 0 Å². The van der Waals surface area contributed by atoms with E-state index in [2.05, 4.69) is 21.0 Å². The van der Waals surface area contributed by atoms with Gasteiger partial charge in [-0.3, -0.25) is 9.48 Å². The Morgan fingerprint density at radius 3 is 2.70 bits per heavy atom. The Morgan fingerprint density at radius 1 is 1.45 bits per heavy atom. The van der Waals surface area contributed by atoms with Gasteiger partial charge in [-0.1, -0.05) is 0 Å². The minimum Gasteiger partial charge on any atom is -0.491 e. The van der Waals surface area contributed by atoms with Gasteiger partial charge in [0.05, 0.1) is 17.2 Å². The Kier molecular flexibility index (Phi) is 4.92. The standard InChI is InChI=1S/C14H15BrN2O3/c1-10(18)11-2-4-14(5-3-11)20-9-13(19)8-17-7-12(15)6-16-17/h2-7,13,19H,8-9H2,1H3. The molecule has 1 N–H and O–H groups in total. The fourth-order valence-corrected chi connectivity index (χ4v) is 2.01. The molecule has 1 heterocycles. The number of ketones is 1. The van der Waals surface area contributed by atoms with E-state index in [4.69, 9.17) is 4.74 Å². The minimum absolute atomic E-state index is 0.0147. The van der Waals surface area contributed by atoms with Gasteiger partial charge in [0.15, 0.2) is 5.78 Å². The molecule has 0 aliphatic heterocycles. The number of Topliss-reactive ketones (excluding diaryl/α,β-unsaturated/α-hetero) is 1. The third-order valence-electron chi connectivity index (χ3n) is 2.70. The zero-order chi connectivity index (χ0) is 14.5. The molecule has 0 aliphatic carbocycles. The van der Waals surface area contributed by atoms with Crippen LogP contribution < -0.4 is 4.74 Å². The Balaban J connectivity index is 1.83. The summed E-state index contributed by atoms with van der Waals surface area (Å²) in [5.74, 6) is 0.636. The van der Waals surface area contributed by atoms with Crippen LogP contribution in [0.5, 0.6) is 5.75 Å². The topological polar surface area (TPSA) is 64.3 Å². The smallest absolute Gasteiger partial charge is 0.159 e. The van der Waals surface area contributed by atoms with Crippen molar-refractivity contribution in [3.05, 3.63) is 46.7 Å². The fraction of sp³-hybridized carbons (Fsp3) is 0.286. The normalized spacial score (nSPS) is 12.2. The average molecular weight is 339 g/mol. The number of aromatic nitrogens is 2. The number of carbonyl (C=O) groups excluding carboxylic acids is 1. The number of hydrogen-bond acceptors (Lipinski definition) is 4. The van der Waals surface area contributed by atoms with Crippen LogP contribution in [0.1, 0.15) is 17.3 Å². The van der Waals surface area contributed by atoms with Crippen molar-refractivity contribution in [2.75, 3.05) is 6.61 Å². The van der Waals surface area contributed by atoms with Crippen LogP contribution >= 0.6 is 15.9 Å². The molecule has 1 aromatic heterocycles. The lowest BCUT2D eigenvalue weighted by molar-refractivity contribution is 0.0892. The lowest BCUT2D eigenvalue weighted by atomic mass is 10.1. The van der Waals surface area contributed by atoms with Gasteiger partial charge in [0.2, 0.25) is 0 Å². The molecule has 5 nitrogen and oxygen atoms in total. The van der Waals surface area contributed by atoms with Gasteiger partial charge in [0.25, 0.3) is 0 Å². The van der Waals surface area contributed by atoms with Gasteiger partial charge < -0.3 is 9.84 Å². The lowest BCUT2D eigenvalue weighted by Crippen LogP contribution is -2.23. The molecule has 0 fully saturated rings. The van der Waals surface area contributed by atoms with Crippen molar-refractivity contribution in [1.82, 2.24) is 9.78 Å². The van der Waals surface area contributed by atoms with Crippen molar-refractivity contribution in [3.8, 4) is 5.75 Å². The molecule has 0 bridgehead atoms. The molecule has 0 amide bonds. The molecular formula is C14H15BrN2O3. The maximum Gasteiger partial charge on any atom is 0.159 e. The highest BCUT2D eigenvalue weighted by molar-refractivity contribution is 9.10. The Hall–Kier alpha value is -1.66. The lowest BCUT2D eigenvalue weighted by Gasteiger charge is -2.12. The van der Waals surface area contributed by atoms with Crippen LogP contribution in [0.15, 0.2) is 41.1 Å². The number of aliphatic hydroxyl groups excluding tert-OH is 1. The third kappa shape index (κ3) is 4.18. The third-order valence-corrected chi connectivity index (χ3v) is 3.11. The zero-order valence-corrected chi connectivity index (χ0v) is 12.6. The number of ether oxygens (including phenoxy) is 1. The summed E-state index contributed by atoms with van der Waals surface area (Å²) in [5.41, 5.74) is 0.638. The monoisotopic (exact) mass is 338 g/mol. The van der Waals surface area contributed by atoms with Crippen molar-refractivity contribution < 1.29 is 14.6 Å². The second-order valence-electron chi connectivity index (χ2n) is 4.43. The molecule has 0 radical (unpaired) electrons. The van der Waals surface area contributed by atoms with Gasteiger partial charge in [-0.2, -0.15) is 5.10 Å². The number of rotatable bonds is 6. The molecule has 6 heteroatoms. The molecule has 1 aromatic carbocycles. The van der Waals surface area contributed by atoms with Crippen molar-refractivity contribution in [1.29, 1.82) is 0 Å². The highest BCUT2D eigenvalue weighted by Gasteiger charge is 2.08. The van der Waals surface area contributed by atoms with E-state index in [1.54, 1.807) is 41.3 Å². The van der Waals surface area contributed by atoms with Crippen LogP contribution in [0.2, 0.25) is 0 Å². The molecule has 1 unspecified atom stereocenters. The van der Waals surface area contributed by atoms with Crippen LogP contribution in [0.4, 0.5) is 0 Å². The first-order valence-corrected chi connectivity index (χ1v) is 6.93. The first kappa shape index (κ1) is 14.7.